The van der Waals surface area contributed by atoms with Gasteiger partial charge in [-0.3, -0.25) is 4.79 Å². The first-order valence-corrected chi connectivity index (χ1v) is 9.27. The third kappa shape index (κ3) is 2.86. The van der Waals surface area contributed by atoms with Gasteiger partial charge in [0.2, 0.25) is 5.91 Å². The van der Waals surface area contributed by atoms with Crippen molar-refractivity contribution in [2.75, 3.05) is 32.4 Å². The van der Waals surface area contributed by atoms with Gasteiger partial charge in [0.1, 0.15) is 0 Å². The highest BCUT2D eigenvalue weighted by Crippen LogP contribution is 2.34. The van der Waals surface area contributed by atoms with E-state index in [2.05, 4.69) is 19.2 Å². The van der Waals surface area contributed by atoms with Crippen LogP contribution in [-0.2, 0) is 14.6 Å². The van der Waals surface area contributed by atoms with Gasteiger partial charge in [-0.05, 0) is 44.2 Å². The normalized spacial score (nSPS) is 26.2. The van der Waals surface area contributed by atoms with E-state index in [9.17, 15) is 13.2 Å². The Morgan fingerprint density at radius 3 is 2.00 bits per heavy atom. The Morgan fingerprint density at radius 1 is 1.05 bits per heavy atom. The second kappa shape index (κ2) is 5.30. The van der Waals surface area contributed by atoms with Crippen LogP contribution in [0.15, 0.2) is 0 Å². The molecule has 0 aliphatic carbocycles. The van der Waals surface area contributed by atoms with Gasteiger partial charge in [0, 0.05) is 19.3 Å². The molecule has 0 aromatic rings. The summed E-state index contributed by atoms with van der Waals surface area (Å²) >= 11 is 0. The van der Waals surface area contributed by atoms with E-state index < -0.39 is 14.6 Å². The summed E-state index contributed by atoms with van der Waals surface area (Å²) in [6.07, 6.45) is 3.88. The lowest BCUT2D eigenvalue weighted by Gasteiger charge is -2.43. The second-order valence-corrected chi connectivity index (χ2v) is 9.30. The van der Waals surface area contributed by atoms with Gasteiger partial charge in [-0.1, -0.05) is 13.8 Å². The lowest BCUT2D eigenvalue weighted by molar-refractivity contribution is -0.136. The van der Waals surface area contributed by atoms with Crippen LogP contribution < -0.4 is 5.32 Å². The minimum Gasteiger partial charge on any atom is -0.341 e. The summed E-state index contributed by atoms with van der Waals surface area (Å²) in [5.74, 6) is -0.169. The predicted octanol–water partition coefficient (Wildman–Crippen LogP) is 0.802. The van der Waals surface area contributed by atoms with Crippen molar-refractivity contribution in [3.8, 4) is 0 Å². The summed E-state index contributed by atoms with van der Waals surface area (Å²) in [6, 6.07) is 0. The second-order valence-electron chi connectivity index (χ2n) is 6.97. The molecular weight excluding hydrogens is 276 g/mol. The van der Waals surface area contributed by atoms with Gasteiger partial charge in [-0.25, -0.2) is 8.42 Å². The minimum absolute atomic E-state index is 0.169. The van der Waals surface area contributed by atoms with Crippen molar-refractivity contribution in [3.63, 3.8) is 0 Å². The zero-order valence-electron chi connectivity index (χ0n) is 12.7. The van der Waals surface area contributed by atoms with E-state index in [0.717, 1.165) is 12.8 Å². The standard InChI is InChI=1S/C14H26N2O3S/c1-13(2)6-10-16(11-7-13)12(17)14(20(3,18)19)4-8-15-9-5-14/h15H,4-11H2,1-3H3. The maximum Gasteiger partial charge on any atom is 0.244 e. The lowest BCUT2D eigenvalue weighted by Crippen LogP contribution is -2.59. The quantitative estimate of drug-likeness (QED) is 0.819. The average Bonchev–Trinajstić information content (AvgIpc) is 2.37. The minimum atomic E-state index is -3.40. The fraction of sp³-hybridized carbons (Fsp3) is 0.929. The Balaban J connectivity index is 2.20. The van der Waals surface area contributed by atoms with Crippen LogP contribution in [0, 0.1) is 5.41 Å². The molecule has 1 N–H and O–H groups in total. The molecule has 0 bridgehead atoms. The summed E-state index contributed by atoms with van der Waals surface area (Å²) < 4.78 is 23.3. The van der Waals surface area contributed by atoms with Crippen LogP contribution in [0.1, 0.15) is 39.5 Å². The molecule has 2 aliphatic rings. The van der Waals surface area contributed by atoms with Crippen LogP contribution in [0.4, 0.5) is 0 Å². The van der Waals surface area contributed by atoms with Crippen LogP contribution in [0.25, 0.3) is 0 Å². The summed E-state index contributed by atoms with van der Waals surface area (Å²) in [5, 5.41) is 3.15. The lowest BCUT2D eigenvalue weighted by atomic mass is 9.82. The molecule has 0 saturated carbocycles. The first-order chi connectivity index (χ1) is 9.18. The van der Waals surface area contributed by atoms with Gasteiger partial charge >= 0.3 is 0 Å². The van der Waals surface area contributed by atoms with Crippen molar-refractivity contribution >= 4 is 15.7 Å². The number of rotatable bonds is 2. The van der Waals surface area contributed by atoms with Crippen molar-refractivity contribution in [2.45, 2.75) is 44.3 Å². The fourth-order valence-corrected chi connectivity index (χ4v) is 4.57. The molecule has 0 aromatic carbocycles. The molecule has 2 rings (SSSR count). The van der Waals surface area contributed by atoms with Gasteiger partial charge in [0.05, 0.1) is 0 Å². The third-order valence-corrected chi connectivity index (χ3v) is 6.92. The van der Waals surface area contributed by atoms with Crippen LogP contribution in [0.2, 0.25) is 0 Å². The van der Waals surface area contributed by atoms with Gasteiger partial charge in [0.25, 0.3) is 0 Å². The van der Waals surface area contributed by atoms with Gasteiger partial charge < -0.3 is 10.2 Å². The number of likely N-dealkylation sites (tertiary alicyclic amines) is 1. The van der Waals surface area contributed by atoms with Gasteiger partial charge in [0.15, 0.2) is 14.6 Å². The molecule has 116 valence electrons. The first-order valence-electron chi connectivity index (χ1n) is 7.38. The molecule has 2 fully saturated rings. The summed E-state index contributed by atoms with van der Waals surface area (Å²) in [7, 11) is -3.40. The average molecular weight is 302 g/mol. The molecule has 0 atom stereocenters. The van der Waals surface area contributed by atoms with E-state index in [1.54, 1.807) is 4.90 Å². The van der Waals surface area contributed by atoms with E-state index in [0.29, 0.717) is 39.0 Å². The fourth-order valence-electron chi connectivity index (χ4n) is 3.18. The number of nitrogens with zero attached hydrogens (tertiary/aromatic N) is 1. The van der Waals surface area contributed by atoms with Crippen LogP contribution in [-0.4, -0.2) is 56.4 Å². The molecule has 0 aromatic heterocycles. The Kier molecular flexibility index (Phi) is 4.17. The van der Waals surface area contributed by atoms with Gasteiger partial charge in [-0.15, -0.1) is 0 Å². The highest BCUT2D eigenvalue weighted by molar-refractivity contribution is 7.92. The van der Waals surface area contributed by atoms with Gasteiger partial charge in [-0.2, -0.15) is 0 Å². The Labute approximate surface area is 122 Å². The largest absolute Gasteiger partial charge is 0.341 e. The van der Waals surface area contributed by atoms with Crippen molar-refractivity contribution in [1.29, 1.82) is 0 Å². The predicted molar refractivity (Wildman–Crippen MR) is 79.3 cm³/mol. The number of sulfone groups is 1. The highest BCUT2D eigenvalue weighted by atomic mass is 32.2. The molecule has 2 aliphatic heterocycles. The Hall–Kier alpha value is -0.620. The Morgan fingerprint density at radius 2 is 1.55 bits per heavy atom. The SMILES string of the molecule is CC1(C)CCN(C(=O)C2(S(C)(=O)=O)CCNCC2)CC1. The third-order valence-electron chi connectivity index (χ3n) is 4.91. The summed E-state index contributed by atoms with van der Waals surface area (Å²) in [4.78, 5) is 14.6. The highest BCUT2D eigenvalue weighted by Gasteiger charge is 2.51. The van der Waals surface area contributed by atoms with Crippen molar-refractivity contribution in [3.05, 3.63) is 0 Å². The topological polar surface area (TPSA) is 66.5 Å². The number of carbonyl (C=O) groups excluding carboxylic acids is 1. The van der Waals surface area contributed by atoms with E-state index in [1.165, 1.54) is 6.26 Å². The molecule has 0 unspecified atom stereocenters. The molecule has 1 amide bonds. The zero-order chi connectivity index (χ0) is 15.0. The van der Waals surface area contributed by atoms with Crippen molar-refractivity contribution in [1.82, 2.24) is 10.2 Å². The van der Waals surface area contributed by atoms with Crippen molar-refractivity contribution < 1.29 is 13.2 Å². The summed E-state index contributed by atoms with van der Waals surface area (Å²) in [6.45, 7) is 6.95. The van der Waals surface area contributed by atoms with Crippen LogP contribution in [0.3, 0.4) is 0 Å². The maximum absolute atomic E-state index is 12.9. The van der Waals surface area contributed by atoms with Crippen molar-refractivity contribution in [2.24, 2.45) is 5.41 Å². The first kappa shape index (κ1) is 15.8. The maximum atomic E-state index is 12.9. The van der Waals surface area contributed by atoms with Crippen LogP contribution in [0.5, 0.6) is 0 Å². The number of carbonyl (C=O) groups is 1. The summed E-state index contributed by atoms with van der Waals surface area (Å²) in [5.41, 5.74) is 0.253. The zero-order valence-corrected chi connectivity index (χ0v) is 13.6. The molecule has 0 radical (unpaired) electrons. The molecule has 6 heteroatoms. The molecule has 5 nitrogen and oxygen atoms in total. The van der Waals surface area contributed by atoms with E-state index >= 15 is 0 Å². The van der Waals surface area contributed by atoms with E-state index in [1.807, 2.05) is 0 Å². The van der Waals surface area contributed by atoms with Crippen LogP contribution >= 0.6 is 0 Å². The molecule has 0 spiro atoms. The number of nitrogens with one attached hydrogen (secondary N) is 1. The molecule has 2 saturated heterocycles. The van der Waals surface area contributed by atoms with E-state index in [-0.39, 0.29) is 11.3 Å². The monoisotopic (exact) mass is 302 g/mol. The number of hydrogen-bond acceptors (Lipinski definition) is 4. The molecule has 20 heavy (non-hydrogen) atoms. The molecular formula is C14H26N2O3S. The Bertz CT molecular complexity index is 469. The number of amides is 1. The molecule has 2 heterocycles. The smallest absolute Gasteiger partial charge is 0.244 e. The van der Waals surface area contributed by atoms with E-state index in [4.69, 9.17) is 0 Å². The number of piperidine rings is 2. The number of hydrogen-bond donors (Lipinski definition) is 1.